The van der Waals surface area contributed by atoms with E-state index in [0.717, 1.165) is 38.0 Å². The van der Waals surface area contributed by atoms with Crippen LogP contribution in [0.1, 0.15) is 38.5 Å². The molecule has 2 N–H and O–H groups in total. The van der Waals surface area contributed by atoms with E-state index < -0.39 is 0 Å². The van der Waals surface area contributed by atoms with Gasteiger partial charge in [-0.25, -0.2) is 0 Å². The summed E-state index contributed by atoms with van der Waals surface area (Å²) < 4.78 is 11.3. The summed E-state index contributed by atoms with van der Waals surface area (Å²) in [5, 5.41) is 0. The van der Waals surface area contributed by atoms with Crippen molar-refractivity contribution in [3.8, 4) is 0 Å². The summed E-state index contributed by atoms with van der Waals surface area (Å²) in [6, 6.07) is -0.0784. The fourth-order valence-corrected chi connectivity index (χ4v) is 2.67. The predicted molar refractivity (Wildman–Crippen MR) is 59.5 cm³/mol. The van der Waals surface area contributed by atoms with E-state index in [0.29, 0.717) is 0 Å². The van der Waals surface area contributed by atoms with Crippen molar-refractivity contribution in [2.75, 3.05) is 13.7 Å². The molecule has 15 heavy (non-hydrogen) atoms. The smallest absolute Gasteiger partial charge is 0.112 e. The molecule has 2 aliphatic rings. The molecule has 0 amide bonds. The van der Waals surface area contributed by atoms with E-state index in [-0.39, 0.29) is 11.6 Å². The third-order valence-electron chi connectivity index (χ3n) is 3.69. The van der Waals surface area contributed by atoms with E-state index in [9.17, 15) is 0 Å². The number of hydrogen-bond acceptors (Lipinski definition) is 3. The summed E-state index contributed by atoms with van der Waals surface area (Å²) in [4.78, 5) is 0. The molecule has 2 rings (SSSR count). The summed E-state index contributed by atoms with van der Waals surface area (Å²) in [6.07, 6.45) is 8.88. The minimum atomic E-state index is -0.164. The van der Waals surface area contributed by atoms with E-state index in [1.807, 2.05) is 0 Å². The van der Waals surface area contributed by atoms with E-state index in [4.69, 9.17) is 15.2 Å². The lowest BCUT2D eigenvalue weighted by molar-refractivity contribution is -0.0315. The first-order valence-corrected chi connectivity index (χ1v) is 5.92. The highest BCUT2D eigenvalue weighted by atomic mass is 16.5. The topological polar surface area (TPSA) is 44.5 Å². The van der Waals surface area contributed by atoms with Gasteiger partial charge in [0.2, 0.25) is 0 Å². The van der Waals surface area contributed by atoms with Crippen LogP contribution in [0.3, 0.4) is 0 Å². The van der Waals surface area contributed by atoms with Crippen molar-refractivity contribution in [3.05, 3.63) is 11.8 Å². The molecule has 0 aromatic carbocycles. The van der Waals surface area contributed by atoms with Crippen LogP contribution >= 0.6 is 0 Å². The first-order valence-electron chi connectivity index (χ1n) is 5.92. The summed E-state index contributed by atoms with van der Waals surface area (Å²) >= 11 is 0. The number of rotatable bonds is 3. The minimum Gasteiger partial charge on any atom is -0.496 e. The molecule has 0 aromatic heterocycles. The normalized spacial score (nSPS) is 26.9. The minimum absolute atomic E-state index is 0.0784. The zero-order valence-corrected chi connectivity index (χ0v) is 9.50. The second-order valence-corrected chi connectivity index (χ2v) is 4.55. The Labute approximate surface area is 91.6 Å². The van der Waals surface area contributed by atoms with Crippen LogP contribution in [0.25, 0.3) is 0 Å². The van der Waals surface area contributed by atoms with Crippen molar-refractivity contribution in [1.82, 2.24) is 0 Å². The number of methoxy groups -OCH3 is 1. The average Bonchev–Trinajstić information content (AvgIpc) is 2.79. The van der Waals surface area contributed by atoms with Crippen LogP contribution < -0.4 is 5.73 Å². The van der Waals surface area contributed by atoms with E-state index in [1.165, 1.54) is 12.8 Å². The summed E-state index contributed by atoms with van der Waals surface area (Å²) in [5.41, 5.74) is 6.12. The lowest BCUT2D eigenvalue weighted by Crippen LogP contribution is -2.49. The van der Waals surface area contributed by atoms with Gasteiger partial charge < -0.3 is 15.2 Å². The number of hydrogen-bond donors (Lipinski definition) is 1. The molecule has 1 fully saturated rings. The zero-order valence-electron chi connectivity index (χ0n) is 9.50. The van der Waals surface area contributed by atoms with Gasteiger partial charge >= 0.3 is 0 Å². The first kappa shape index (κ1) is 11.0. The van der Waals surface area contributed by atoms with Gasteiger partial charge in [-0.15, -0.1) is 0 Å². The maximum Gasteiger partial charge on any atom is 0.112 e. The molecule has 0 spiro atoms. The second-order valence-electron chi connectivity index (χ2n) is 4.55. The van der Waals surface area contributed by atoms with Gasteiger partial charge in [-0.1, -0.05) is 12.8 Å². The molecule has 3 heteroatoms. The lowest BCUT2D eigenvalue weighted by atomic mass is 9.90. The van der Waals surface area contributed by atoms with Crippen molar-refractivity contribution in [1.29, 1.82) is 0 Å². The van der Waals surface area contributed by atoms with Gasteiger partial charge in [0.15, 0.2) is 0 Å². The fraction of sp³-hybridized carbons (Fsp3) is 0.833. The Morgan fingerprint density at radius 1 is 1.40 bits per heavy atom. The number of nitrogens with two attached hydrogens (primary N) is 1. The first-order chi connectivity index (χ1) is 7.28. The molecule has 3 nitrogen and oxygen atoms in total. The Morgan fingerprint density at radius 2 is 2.13 bits per heavy atom. The molecule has 1 heterocycles. The Bertz CT molecular complexity index is 244. The fourth-order valence-electron chi connectivity index (χ4n) is 2.67. The van der Waals surface area contributed by atoms with Gasteiger partial charge in [0, 0.05) is 7.11 Å². The average molecular weight is 211 g/mol. The highest BCUT2D eigenvalue weighted by Gasteiger charge is 2.42. The van der Waals surface area contributed by atoms with Crippen molar-refractivity contribution in [2.45, 2.75) is 50.2 Å². The molecule has 1 saturated carbocycles. The van der Waals surface area contributed by atoms with E-state index in [2.05, 4.69) is 6.08 Å². The maximum atomic E-state index is 6.28. The van der Waals surface area contributed by atoms with E-state index >= 15 is 0 Å². The van der Waals surface area contributed by atoms with Crippen molar-refractivity contribution in [3.63, 3.8) is 0 Å². The molecule has 1 aliphatic heterocycles. The largest absolute Gasteiger partial charge is 0.496 e. The van der Waals surface area contributed by atoms with Crippen molar-refractivity contribution >= 4 is 0 Å². The van der Waals surface area contributed by atoms with Crippen molar-refractivity contribution < 1.29 is 9.47 Å². The van der Waals surface area contributed by atoms with Gasteiger partial charge in [-0.2, -0.15) is 0 Å². The van der Waals surface area contributed by atoms with Gasteiger partial charge in [-0.05, 0) is 31.8 Å². The van der Waals surface area contributed by atoms with Crippen molar-refractivity contribution in [2.24, 2.45) is 5.73 Å². The highest BCUT2D eigenvalue weighted by Crippen LogP contribution is 2.37. The maximum absolute atomic E-state index is 6.28. The van der Waals surface area contributed by atoms with Gasteiger partial charge in [-0.3, -0.25) is 0 Å². The molecule has 1 unspecified atom stereocenters. The molecular weight excluding hydrogens is 190 g/mol. The quantitative estimate of drug-likeness (QED) is 0.776. The molecule has 1 aliphatic carbocycles. The summed E-state index contributed by atoms with van der Waals surface area (Å²) in [7, 11) is 1.77. The van der Waals surface area contributed by atoms with Crippen LogP contribution in [-0.2, 0) is 9.47 Å². The molecule has 0 aromatic rings. The zero-order chi connectivity index (χ0) is 10.7. The van der Waals surface area contributed by atoms with Crippen LogP contribution in [0.2, 0.25) is 0 Å². The van der Waals surface area contributed by atoms with Crippen LogP contribution in [0.15, 0.2) is 11.8 Å². The second kappa shape index (κ2) is 4.54. The van der Waals surface area contributed by atoms with Crippen LogP contribution in [0, 0.1) is 0 Å². The van der Waals surface area contributed by atoms with Gasteiger partial charge in [0.05, 0.1) is 18.2 Å². The van der Waals surface area contributed by atoms with Crippen LogP contribution in [0.5, 0.6) is 0 Å². The van der Waals surface area contributed by atoms with E-state index in [1.54, 1.807) is 7.11 Å². The standard InChI is InChI=1S/C12H21NO2/c1-14-12(7-3-4-8-12)11(13)10-6-2-5-9-15-10/h6,11H,2-5,7-9,13H2,1H3. The monoisotopic (exact) mass is 211 g/mol. The third kappa shape index (κ3) is 2.04. The van der Waals surface area contributed by atoms with Gasteiger partial charge in [0.1, 0.15) is 5.76 Å². The predicted octanol–water partition coefficient (Wildman–Crippen LogP) is 1.97. The Morgan fingerprint density at radius 3 is 2.67 bits per heavy atom. The Kier molecular flexibility index (Phi) is 3.32. The highest BCUT2D eigenvalue weighted by molar-refractivity contribution is 5.13. The number of ether oxygens (including phenoxy) is 2. The Balaban J connectivity index is 2.10. The van der Waals surface area contributed by atoms with Crippen LogP contribution in [0.4, 0.5) is 0 Å². The molecular formula is C12H21NO2. The molecule has 1 atom stereocenters. The SMILES string of the molecule is COC1(C(N)C2=CCCCO2)CCCC1. The summed E-state index contributed by atoms with van der Waals surface area (Å²) in [5.74, 6) is 0.949. The molecule has 0 saturated heterocycles. The summed E-state index contributed by atoms with van der Waals surface area (Å²) in [6.45, 7) is 0.805. The van der Waals surface area contributed by atoms with Crippen LogP contribution in [-0.4, -0.2) is 25.4 Å². The Hall–Kier alpha value is -0.540. The third-order valence-corrected chi connectivity index (χ3v) is 3.69. The lowest BCUT2D eigenvalue weighted by Gasteiger charge is -2.35. The number of allylic oxidation sites excluding steroid dienone is 1. The van der Waals surface area contributed by atoms with Gasteiger partial charge in [0.25, 0.3) is 0 Å². The molecule has 0 bridgehead atoms. The molecule has 86 valence electrons. The molecule has 0 radical (unpaired) electrons.